The van der Waals surface area contributed by atoms with E-state index in [-0.39, 0.29) is 22.2 Å². The van der Waals surface area contributed by atoms with Crippen molar-refractivity contribution < 1.29 is 27.8 Å². The molecule has 1 saturated heterocycles. The predicted molar refractivity (Wildman–Crippen MR) is 100 cm³/mol. The van der Waals surface area contributed by atoms with Crippen molar-refractivity contribution in [3.63, 3.8) is 0 Å². The fourth-order valence-corrected chi connectivity index (χ4v) is 3.11. The molecule has 1 fully saturated rings. The van der Waals surface area contributed by atoms with Crippen LogP contribution in [0.1, 0.15) is 5.56 Å². The normalized spacial score (nSPS) is 19.2. The van der Waals surface area contributed by atoms with Crippen molar-refractivity contribution in [1.82, 2.24) is 5.32 Å². The van der Waals surface area contributed by atoms with Crippen LogP contribution >= 0.6 is 23.8 Å². The summed E-state index contributed by atoms with van der Waals surface area (Å²) in [5.41, 5.74) is 0.479. The number of alkyl halides is 2. The number of thiocarbonyl (C=S) groups is 1. The van der Waals surface area contributed by atoms with Gasteiger partial charge in [-0.05, 0) is 60.3 Å². The molecule has 2 aliphatic rings. The van der Waals surface area contributed by atoms with Gasteiger partial charge in [-0.2, -0.15) is 0 Å². The number of rotatable bonds is 2. The molecule has 10 heteroatoms. The Morgan fingerprint density at radius 2 is 1.75 bits per heavy atom. The molecule has 0 aliphatic carbocycles. The van der Waals surface area contributed by atoms with Crippen LogP contribution in [0.5, 0.6) is 11.5 Å². The highest BCUT2D eigenvalue weighted by atomic mass is 35.5. The third-order valence-corrected chi connectivity index (χ3v) is 4.46. The van der Waals surface area contributed by atoms with E-state index in [1.807, 2.05) is 0 Å². The molecule has 2 aliphatic heterocycles. The van der Waals surface area contributed by atoms with Crippen LogP contribution in [-0.4, -0.2) is 23.2 Å². The summed E-state index contributed by atoms with van der Waals surface area (Å²) in [6.45, 7) is 0. The number of benzene rings is 2. The van der Waals surface area contributed by atoms with Gasteiger partial charge in [0.25, 0.3) is 11.8 Å². The number of ether oxygens (including phenoxy) is 2. The first-order valence-corrected chi connectivity index (χ1v) is 8.59. The number of amides is 2. The van der Waals surface area contributed by atoms with Crippen molar-refractivity contribution >= 4 is 52.5 Å². The van der Waals surface area contributed by atoms with Gasteiger partial charge in [0.2, 0.25) is 0 Å². The van der Waals surface area contributed by atoms with Crippen LogP contribution in [0.15, 0.2) is 48.0 Å². The van der Waals surface area contributed by atoms with Crippen LogP contribution in [0.3, 0.4) is 0 Å². The molecule has 0 unspecified atom stereocenters. The molecular weight excluding hydrogens is 414 g/mol. The van der Waals surface area contributed by atoms with Gasteiger partial charge in [-0.25, -0.2) is 0 Å². The number of hydrogen-bond donors (Lipinski definition) is 1. The highest BCUT2D eigenvalue weighted by molar-refractivity contribution is 7.80. The number of hydrogen-bond acceptors (Lipinski definition) is 5. The largest absolute Gasteiger partial charge is 0.586 e. The van der Waals surface area contributed by atoms with Gasteiger partial charge in [0.15, 0.2) is 16.6 Å². The minimum atomic E-state index is -3.76. The Labute approximate surface area is 167 Å². The quantitative estimate of drug-likeness (QED) is 0.456. The lowest BCUT2D eigenvalue weighted by molar-refractivity contribution is -0.286. The van der Waals surface area contributed by atoms with Gasteiger partial charge in [-0.3, -0.25) is 19.8 Å². The Morgan fingerprint density at radius 3 is 2.46 bits per heavy atom. The summed E-state index contributed by atoms with van der Waals surface area (Å²) in [6, 6.07) is 10.2. The Morgan fingerprint density at radius 1 is 1.07 bits per heavy atom. The van der Waals surface area contributed by atoms with E-state index in [1.165, 1.54) is 24.3 Å². The molecule has 142 valence electrons. The number of fused-ring (bicyclic) bond motifs is 1. The number of nitrogens with one attached hydrogen (secondary N) is 1. The maximum atomic E-state index is 13.2. The minimum absolute atomic E-state index is 0.0835. The van der Waals surface area contributed by atoms with Gasteiger partial charge in [0.1, 0.15) is 5.57 Å². The number of nitrogens with zero attached hydrogens (tertiary/aromatic N) is 1. The van der Waals surface area contributed by atoms with E-state index in [9.17, 15) is 18.4 Å². The van der Waals surface area contributed by atoms with E-state index in [0.29, 0.717) is 16.3 Å². The fraction of sp³-hybridized carbons (Fsp3) is 0.0556. The lowest BCUT2D eigenvalue weighted by Crippen LogP contribution is -2.54. The molecule has 4 rings (SSSR count). The number of carbonyl (C=O) groups is 2. The lowest BCUT2D eigenvalue weighted by Gasteiger charge is -2.28. The molecule has 1 N–H and O–H groups in total. The van der Waals surface area contributed by atoms with Gasteiger partial charge in [0, 0.05) is 5.02 Å². The second-order valence-corrected chi connectivity index (χ2v) is 6.63. The zero-order chi connectivity index (χ0) is 20.1. The first kappa shape index (κ1) is 18.3. The van der Waals surface area contributed by atoms with Crippen LogP contribution in [0, 0.1) is 0 Å². The van der Waals surface area contributed by atoms with Crippen LogP contribution in [0.4, 0.5) is 14.5 Å². The van der Waals surface area contributed by atoms with E-state index in [2.05, 4.69) is 14.8 Å². The minimum Gasteiger partial charge on any atom is -0.395 e. The number of halogens is 3. The summed E-state index contributed by atoms with van der Waals surface area (Å²) in [6.07, 6.45) is -2.51. The molecule has 0 spiro atoms. The number of anilines is 1. The van der Waals surface area contributed by atoms with Crippen LogP contribution in [0.2, 0.25) is 5.02 Å². The Kier molecular flexibility index (Phi) is 4.28. The van der Waals surface area contributed by atoms with Gasteiger partial charge >= 0.3 is 6.29 Å². The predicted octanol–water partition coefficient (Wildman–Crippen LogP) is 3.49. The average molecular weight is 423 g/mol. The van der Waals surface area contributed by atoms with E-state index in [1.54, 1.807) is 24.3 Å². The summed E-state index contributed by atoms with van der Waals surface area (Å²) in [7, 11) is 0. The van der Waals surface area contributed by atoms with Crippen molar-refractivity contribution in [2.45, 2.75) is 6.29 Å². The molecule has 2 heterocycles. The SMILES string of the molecule is O=C1NC(=S)N(c2ccc(Cl)cc2)C(=O)/C1=C/c1ccc2c(c1)OC(F)(F)O2. The molecular formula is C18H9ClF2N2O4S. The molecule has 2 amide bonds. The highest BCUT2D eigenvalue weighted by Crippen LogP contribution is 2.41. The van der Waals surface area contributed by atoms with E-state index in [4.69, 9.17) is 23.8 Å². The van der Waals surface area contributed by atoms with Crippen LogP contribution in [-0.2, 0) is 9.59 Å². The van der Waals surface area contributed by atoms with E-state index < -0.39 is 18.1 Å². The highest BCUT2D eigenvalue weighted by Gasteiger charge is 2.43. The van der Waals surface area contributed by atoms with Crippen molar-refractivity contribution in [2.75, 3.05) is 4.90 Å². The van der Waals surface area contributed by atoms with Gasteiger partial charge in [-0.1, -0.05) is 17.7 Å². The first-order valence-electron chi connectivity index (χ1n) is 7.80. The third-order valence-electron chi connectivity index (χ3n) is 3.92. The maximum absolute atomic E-state index is 13.2. The monoisotopic (exact) mass is 422 g/mol. The summed E-state index contributed by atoms with van der Waals surface area (Å²) in [5, 5.41) is 2.81. The Bertz CT molecular complexity index is 1060. The Hall–Kier alpha value is -3.04. The van der Waals surface area contributed by atoms with E-state index >= 15 is 0 Å². The van der Waals surface area contributed by atoms with Crippen molar-refractivity contribution in [1.29, 1.82) is 0 Å². The van der Waals surface area contributed by atoms with E-state index in [0.717, 1.165) is 4.90 Å². The number of carbonyl (C=O) groups excluding carboxylic acids is 2. The molecule has 0 atom stereocenters. The summed E-state index contributed by atoms with van der Waals surface area (Å²) in [4.78, 5) is 26.3. The summed E-state index contributed by atoms with van der Waals surface area (Å²) < 4.78 is 35.0. The molecule has 2 aromatic rings. The molecule has 0 bridgehead atoms. The standard InChI is InChI=1S/C18H9ClF2N2O4S/c19-10-2-4-11(5-3-10)23-16(25)12(15(24)22-17(23)28)7-9-1-6-13-14(8-9)27-18(20,21)26-13/h1-8H,(H,22,24,28)/b12-7+. The zero-order valence-electron chi connectivity index (χ0n) is 13.7. The zero-order valence-corrected chi connectivity index (χ0v) is 15.3. The third kappa shape index (κ3) is 3.30. The van der Waals surface area contributed by atoms with Crippen LogP contribution < -0.4 is 19.7 Å². The van der Waals surface area contributed by atoms with Gasteiger partial charge < -0.3 is 9.47 Å². The first-order chi connectivity index (χ1) is 13.2. The molecule has 28 heavy (non-hydrogen) atoms. The summed E-state index contributed by atoms with van der Waals surface area (Å²) in [5.74, 6) is -1.72. The van der Waals surface area contributed by atoms with Gasteiger partial charge in [-0.15, -0.1) is 8.78 Å². The fourth-order valence-electron chi connectivity index (χ4n) is 2.70. The second kappa shape index (κ2) is 6.54. The molecule has 2 aromatic carbocycles. The van der Waals surface area contributed by atoms with Crippen LogP contribution in [0.25, 0.3) is 6.08 Å². The molecule has 0 radical (unpaired) electrons. The molecule has 6 nitrogen and oxygen atoms in total. The average Bonchev–Trinajstić information content (AvgIpc) is 2.93. The Balaban J connectivity index is 1.69. The lowest BCUT2D eigenvalue weighted by atomic mass is 10.1. The maximum Gasteiger partial charge on any atom is 0.586 e. The van der Waals surface area contributed by atoms with Crippen molar-refractivity contribution in [2.24, 2.45) is 0 Å². The second-order valence-electron chi connectivity index (χ2n) is 5.81. The van der Waals surface area contributed by atoms with Crippen molar-refractivity contribution in [3.05, 3.63) is 58.6 Å². The topological polar surface area (TPSA) is 67.9 Å². The molecule has 0 saturated carbocycles. The summed E-state index contributed by atoms with van der Waals surface area (Å²) >= 11 is 11.0. The molecule has 0 aromatic heterocycles. The van der Waals surface area contributed by atoms with Gasteiger partial charge in [0.05, 0.1) is 5.69 Å². The smallest absolute Gasteiger partial charge is 0.395 e. The van der Waals surface area contributed by atoms with Crippen molar-refractivity contribution in [3.8, 4) is 11.5 Å².